The lowest BCUT2D eigenvalue weighted by molar-refractivity contribution is 0.127. The molecule has 0 unspecified atom stereocenters. The molecule has 1 aliphatic heterocycles. The Morgan fingerprint density at radius 1 is 1.29 bits per heavy atom. The van der Waals surface area contributed by atoms with Gasteiger partial charge in [0.25, 0.3) is 0 Å². The molecule has 2 amide bonds. The summed E-state index contributed by atoms with van der Waals surface area (Å²) >= 11 is 0. The molecule has 0 radical (unpaired) electrons. The third-order valence-corrected chi connectivity index (χ3v) is 4.40. The molecule has 1 aliphatic rings. The first-order valence-electron chi connectivity index (χ1n) is 16.4. The first-order chi connectivity index (χ1) is 20.0. The van der Waals surface area contributed by atoms with Crippen LogP contribution in [-0.2, 0) is 13.0 Å². The number of piperidine rings is 1. The highest BCUT2D eigenvalue weighted by atomic mass is 19.1. The molecule has 0 spiro atoms. The maximum Gasteiger partial charge on any atom is 0.318 e. The summed E-state index contributed by atoms with van der Waals surface area (Å²) in [5.74, 6) is -0.742. The van der Waals surface area contributed by atoms with Gasteiger partial charge in [0, 0.05) is 28.7 Å². The number of carbonyl (C=O) groups is 1. The average Bonchev–Trinajstić information content (AvgIpc) is 2.87. The first kappa shape index (κ1) is 11.3. The minimum Gasteiger partial charge on any atom is -0.493 e. The predicted octanol–water partition coefficient (Wildman–Crippen LogP) is 4.67. The van der Waals surface area contributed by atoms with Crippen LogP contribution in [0, 0.1) is 11.7 Å². The van der Waals surface area contributed by atoms with E-state index >= 15 is 0 Å². The van der Waals surface area contributed by atoms with Crippen LogP contribution in [0.15, 0.2) is 48.4 Å². The molecule has 0 bridgehead atoms. The number of halogens is 1. The Kier molecular flexibility index (Phi) is 4.07. The second-order valence-corrected chi connectivity index (χ2v) is 7.42. The molecule has 168 valence electrons. The van der Waals surface area contributed by atoms with Gasteiger partial charge in [0.1, 0.15) is 11.6 Å². The summed E-state index contributed by atoms with van der Waals surface area (Å²) in [7, 11) is 0. The SMILES string of the molecule is [2H]c1c([2H])c(CN(C(=O)NC([2H])([2H])c2ccc(OCC(C)C)cc2)C2CC([2H])([2H])N(C([2H])([2H])[2H])C([2H])([2H])C2)c([2H])c([2H])c1F. The number of rotatable bonds is 8. The zero-order valence-electron chi connectivity index (χ0n) is 30.4. The number of likely N-dealkylation sites (tertiary alicyclic amines) is 1. The number of carbonyl (C=O) groups excluding carboxylic acids is 1. The van der Waals surface area contributed by atoms with Gasteiger partial charge in [0.2, 0.25) is 0 Å². The van der Waals surface area contributed by atoms with Crippen LogP contribution < -0.4 is 10.1 Å². The van der Waals surface area contributed by atoms with E-state index in [-0.39, 0.29) is 16.4 Å². The summed E-state index contributed by atoms with van der Waals surface area (Å²) < 4.78 is 125. The standard InChI is InChI=1S/C25H34FN3O2/c1-19(2)18-31-24-10-6-20(7-11-24)16-27-25(30)29(23-12-14-28(3)15-13-23)17-21-4-8-22(26)9-5-21/h4-11,19,23H,12-18H2,1-3H3,(H,27,30)/i3D3,4D,5D,8D,9D,14D2,15D2,16D2. The predicted molar refractivity (Wildman–Crippen MR) is 121 cm³/mol. The molecule has 0 atom stereocenters. The van der Waals surface area contributed by atoms with Gasteiger partial charge in [-0.05, 0) is 74.1 Å². The number of amides is 2. The van der Waals surface area contributed by atoms with Crippen molar-refractivity contribution in [2.75, 3.05) is 26.6 Å². The number of hydrogen-bond donors (Lipinski definition) is 1. The van der Waals surface area contributed by atoms with Crippen LogP contribution in [0.3, 0.4) is 0 Å². The van der Waals surface area contributed by atoms with Crippen LogP contribution in [0.2, 0.25) is 0 Å². The molecule has 5 nitrogen and oxygen atoms in total. The minimum atomic E-state index is -3.20. The first-order valence-corrected chi connectivity index (χ1v) is 9.87. The third-order valence-electron chi connectivity index (χ3n) is 4.40. The van der Waals surface area contributed by atoms with E-state index in [2.05, 4.69) is 5.32 Å². The molecule has 1 N–H and O–H groups in total. The van der Waals surface area contributed by atoms with Crippen molar-refractivity contribution in [1.29, 1.82) is 0 Å². The van der Waals surface area contributed by atoms with Gasteiger partial charge in [-0.25, -0.2) is 9.18 Å². The zero-order valence-corrected chi connectivity index (χ0v) is 17.4. The van der Waals surface area contributed by atoms with Crippen LogP contribution in [0.4, 0.5) is 9.18 Å². The topological polar surface area (TPSA) is 44.8 Å². The van der Waals surface area contributed by atoms with Gasteiger partial charge in [-0.15, -0.1) is 0 Å². The van der Waals surface area contributed by atoms with E-state index in [0.717, 1.165) is 4.90 Å². The number of hydrogen-bond acceptors (Lipinski definition) is 3. The molecular weight excluding hydrogens is 393 g/mol. The molecule has 0 aromatic heterocycles. The van der Waals surface area contributed by atoms with Gasteiger partial charge in [0.15, 0.2) is 0 Å². The lowest BCUT2D eigenvalue weighted by Gasteiger charge is -2.37. The smallest absolute Gasteiger partial charge is 0.318 e. The van der Waals surface area contributed by atoms with E-state index in [4.69, 9.17) is 22.6 Å². The Morgan fingerprint density at radius 3 is 2.58 bits per heavy atom. The highest BCUT2D eigenvalue weighted by molar-refractivity contribution is 5.74. The molecule has 31 heavy (non-hydrogen) atoms. The van der Waals surface area contributed by atoms with E-state index in [1.807, 2.05) is 13.8 Å². The van der Waals surface area contributed by atoms with Crippen molar-refractivity contribution in [2.24, 2.45) is 5.92 Å². The number of urea groups is 1. The Balaban J connectivity index is 2.03. The summed E-state index contributed by atoms with van der Waals surface area (Å²) in [4.78, 5) is 14.5. The Bertz CT molecular complexity index is 1320. The van der Waals surface area contributed by atoms with Crippen LogP contribution in [0.25, 0.3) is 0 Å². The molecule has 6 heteroatoms. The fraction of sp³-hybridized carbons (Fsp3) is 0.480. The maximum atomic E-state index is 14.2. The van der Waals surface area contributed by atoms with Gasteiger partial charge in [-0.2, -0.15) is 0 Å². The molecule has 0 aliphatic carbocycles. The van der Waals surface area contributed by atoms with Crippen molar-refractivity contribution >= 4 is 6.03 Å². The van der Waals surface area contributed by atoms with Crippen molar-refractivity contribution in [1.82, 2.24) is 15.1 Å². The molecule has 1 saturated heterocycles. The lowest BCUT2D eigenvalue weighted by atomic mass is 10.0. The van der Waals surface area contributed by atoms with Gasteiger partial charge < -0.3 is 19.9 Å². The van der Waals surface area contributed by atoms with Crippen LogP contribution in [0.1, 0.15) is 55.6 Å². The summed E-state index contributed by atoms with van der Waals surface area (Å²) in [6, 6.07) is -0.711. The Labute approximate surface area is 203 Å². The average molecular weight is 441 g/mol. The maximum absolute atomic E-state index is 14.2. The molecule has 2 aromatic rings. The van der Waals surface area contributed by atoms with Crippen molar-refractivity contribution in [3.05, 3.63) is 65.4 Å². The number of nitrogens with one attached hydrogen (secondary N) is 1. The fourth-order valence-electron chi connectivity index (χ4n) is 2.78. The van der Waals surface area contributed by atoms with Crippen LogP contribution in [-0.4, -0.2) is 48.4 Å². The second-order valence-electron chi connectivity index (χ2n) is 7.42. The largest absolute Gasteiger partial charge is 0.493 e. The van der Waals surface area contributed by atoms with Gasteiger partial charge >= 0.3 is 6.03 Å². The third kappa shape index (κ3) is 7.24. The summed E-state index contributed by atoms with van der Waals surface area (Å²) in [5.41, 5.74) is -0.500. The van der Waals surface area contributed by atoms with E-state index in [0.29, 0.717) is 12.4 Å². The van der Waals surface area contributed by atoms with Gasteiger partial charge in [-0.3, -0.25) is 0 Å². The summed E-state index contributed by atoms with van der Waals surface area (Å²) in [6.07, 6.45) is -1.54. The lowest BCUT2D eigenvalue weighted by Crippen LogP contribution is -2.49. The molecule has 0 saturated carbocycles. The molecule has 3 rings (SSSR count). The van der Waals surface area contributed by atoms with Crippen LogP contribution >= 0.6 is 0 Å². The van der Waals surface area contributed by atoms with E-state index in [1.165, 1.54) is 24.3 Å². The highest BCUT2D eigenvalue weighted by Crippen LogP contribution is 2.19. The van der Waals surface area contributed by atoms with Crippen molar-refractivity contribution in [3.63, 3.8) is 0 Å². The molecule has 1 fully saturated rings. The number of nitrogens with zero attached hydrogens (tertiary/aromatic N) is 2. The van der Waals surface area contributed by atoms with Crippen molar-refractivity contribution in [2.45, 2.75) is 45.8 Å². The van der Waals surface area contributed by atoms with E-state index in [1.54, 1.807) is 0 Å². The number of ether oxygens (including phenoxy) is 1. The van der Waals surface area contributed by atoms with Gasteiger partial charge in [-0.1, -0.05) is 38.1 Å². The van der Waals surface area contributed by atoms with Crippen molar-refractivity contribution < 1.29 is 31.7 Å². The Morgan fingerprint density at radius 2 is 1.97 bits per heavy atom. The second kappa shape index (κ2) is 11.1. The van der Waals surface area contributed by atoms with Crippen molar-refractivity contribution in [3.8, 4) is 5.75 Å². The van der Waals surface area contributed by atoms with E-state index < -0.39 is 93.5 Å². The van der Waals surface area contributed by atoms with E-state index in [9.17, 15) is 9.18 Å². The quantitative estimate of drug-likeness (QED) is 0.649. The van der Waals surface area contributed by atoms with Gasteiger partial charge in [0.05, 0.1) is 14.8 Å². The zero-order chi connectivity index (χ0) is 33.6. The monoisotopic (exact) mass is 440 g/mol. The number of benzene rings is 2. The summed E-state index contributed by atoms with van der Waals surface area (Å²) in [5, 5.41) is 2.16. The Hall–Kier alpha value is -2.60. The molecule has 1 heterocycles. The van der Waals surface area contributed by atoms with Crippen LogP contribution in [0.5, 0.6) is 5.75 Å². The minimum absolute atomic E-state index is 0.0170. The molecular formula is C25H34FN3O2. The molecule has 2 aromatic carbocycles. The highest BCUT2D eigenvalue weighted by Gasteiger charge is 2.27. The normalized spacial score (nSPS) is 25.4. The summed E-state index contributed by atoms with van der Waals surface area (Å²) in [6.45, 7) is -7.98. The fourth-order valence-corrected chi connectivity index (χ4v) is 2.78.